The molecule has 0 bridgehead atoms. The molecule has 2 aromatic rings. The van der Waals surface area contributed by atoms with Crippen LogP contribution in [-0.4, -0.2) is 21.0 Å². The summed E-state index contributed by atoms with van der Waals surface area (Å²) < 4.78 is 2.91. The van der Waals surface area contributed by atoms with E-state index in [0.29, 0.717) is 6.04 Å². The maximum absolute atomic E-state index is 3.91. The van der Waals surface area contributed by atoms with Crippen LogP contribution < -0.4 is 5.32 Å². The Balaban J connectivity index is 1.83. The first kappa shape index (κ1) is 13.2. The van der Waals surface area contributed by atoms with Gasteiger partial charge in [-0.25, -0.2) is 0 Å². The van der Waals surface area contributed by atoms with Crippen LogP contribution in [0.5, 0.6) is 0 Å². The van der Waals surface area contributed by atoms with Crippen molar-refractivity contribution in [1.29, 1.82) is 0 Å². The topological polar surface area (TPSA) is 42.7 Å². The minimum Gasteiger partial charge on any atom is -0.308 e. The first-order valence-electron chi connectivity index (χ1n) is 5.96. The van der Waals surface area contributed by atoms with Gasteiger partial charge in [0, 0.05) is 24.1 Å². The molecule has 5 heteroatoms. The average Bonchev–Trinajstić information content (AvgIpc) is 2.75. The molecule has 1 heterocycles. The predicted octanol–water partition coefficient (Wildman–Crippen LogP) is 2.30. The van der Waals surface area contributed by atoms with Gasteiger partial charge in [0.2, 0.25) is 0 Å². The van der Waals surface area contributed by atoms with Gasteiger partial charge in [0.1, 0.15) is 0 Å². The molecule has 0 aliphatic carbocycles. The van der Waals surface area contributed by atoms with Crippen LogP contribution in [0.25, 0.3) is 0 Å². The van der Waals surface area contributed by atoms with Gasteiger partial charge in [-0.3, -0.25) is 4.68 Å². The fourth-order valence-corrected chi connectivity index (χ4v) is 2.06. The van der Waals surface area contributed by atoms with Crippen molar-refractivity contribution in [2.75, 3.05) is 0 Å². The zero-order valence-electron chi connectivity index (χ0n) is 10.6. The highest BCUT2D eigenvalue weighted by Gasteiger charge is 2.05. The summed E-state index contributed by atoms with van der Waals surface area (Å²) in [6.45, 7) is 2.98. The van der Waals surface area contributed by atoms with Crippen molar-refractivity contribution < 1.29 is 0 Å². The molecule has 0 spiro atoms. The molecule has 1 N–H and O–H groups in total. The summed E-state index contributed by atoms with van der Waals surface area (Å²) in [5, 5.41) is 11.2. The quantitative estimate of drug-likeness (QED) is 0.921. The Hall–Kier alpha value is -1.20. The number of rotatable bonds is 5. The van der Waals surface area contributed by atoms with Gasteiger partial charge in [-0.05, 0) is 31.0 Å². The zero-order chi connectivity index (χ0) is 13.0. The number of halogens is 1. The summed E-state index contributed by atoms with van der Waals surface area (Å²) in [4.78, 5) is 0. The third-order valence-electron chi connectivity index (χ3n) is 2.90. The molecule has 0 amide bonds. The number of nitrogens with one attached hydrogen (secondary N) is 1. The normalized spacial score (nSPS) is 12.6. The average molecular weight is 309 g/mol. The SMILES string of the molecule is CC(Cc1ccc(Br)cc1)NCc1cnnn1C. The van der Waals surface area contributed by atoms with Crippen molar-refractivity contribution >= 4 is 15.9 Å². The molecule has 4 nitrogen and oxygen atoms in total. The lowest BCUT2D eigenvalue weighted by molar-refractivity contribution is 0.524. The standard InChI is InChI=1S/C13H17BrN4/c1-10(7-11-3-5-12(14)6-4-11)15-8-13-9-16-17-18(13)2/h3-6,9-10,15H,7-8H2,1-2H3. The number of aromatic nitrogens is 3. The van der Waals surface area contributed by atoms with Gasteiger partial charge in [-0.1, -0.05) is 33.3 Å². The van der Waals surface area contributed by atoms with E-state index in [-0.39, 0.29) is 0 Å². The second kappa shape index (κ2) is 6.11. The van der Waals surface area contributed by atoms with Crippen molar-refractivity contribution in [3.63, 3.8) is 0 Å². The minimum absolute atomic E-state index is 0.418. The Morgan fingerprint density at radius 3 is 2.67 bits per heavy atom. The van der Waals surface area contributed by atoms with Crippen LogP contribution in [0.4, 0.5) is 0 Å². The summed E-state index contributed by atoms with van der Waals surface area (Å²) in [6, 6.07) is 8.86. The van der Waals surface area contributed by atoms with Gasteiger partial charge in [-0.15, -0.1) is 5.10 Å². The van der Waals surface area contributed by atoms with E-state index in [1.807, 2.05) is 7.05 Å². The van der Waals surface area contributed by atoms with E-state index in [2.05, 4.69) is 62.7 Å². The molecule has 0 radical (unpaired) electrons. The molecule has 96 valence electrons. The molecular weight excluding hydrogens is 292 g/mol. The molecule has 2 rings (SSSR count). The van der Waals surface area contributed by atoms with Gasteiger partial charge in [0.05, 0.1) is 11.9 Å². The van der Waals surface area contributed by atoms with Crippen LogP contribution in [0.2, 0.25) is 0 Å². The molecule has 1 aromatic carbocycles. The van der Waals surface area contributed by atoms with Crippen LogP contribution in [0, 0.1) is 0 Å². The molecule has 0 aliphatic rings. The number of hydrogen-bond donors (Lipinski definition) is 1. The van der Waals surface area contributed by atoms with E-state index in [1.54, 1.807) is 10.9 Å². The maximum atomic E-state index is 3.91. The lowest BCUT2D eigenvalue weighted by Gasteiger charge is -2.13. The fraction of sp³-hybridized carbons (Fsp3) is 0.385. The fourth-order valence-electron chi connectivity index (χ4n) is 1.80. The molecule has 1 unspecified atom stereocenters. The van der Waals surface area contributed by atoms with Crippen molar-refractivity contribution in [2.45, 2.75) is 25.9 Å². The smallest absolute Gasteiger partial charge is 0.0738 e. The Morgan fingerprint density at radius 1 is 1.33 bits per heavy atom. The first-order chi connectivity index (χ1) is 8.65. The summed E-state index contributed by atoms with van der Waals surface area (Å²) in [7, 11) is 1.91. The highest BCUT2D eigenvalue weighted by molar-refractivity contribution is 9.10. The van der Waals surface area contributed by atoms with E-state index in [0.717, 1.165) is 23.1 Å². The second-order valence-corrected chi connectivity index (χ2v) is 5.38. The van der Waals surface area contributed by atoms with Crippen molar-refractivity contribution in [3.8, 4) is 0 Å². The van der Waals surface area contributed by atoms with E-state index in [1.165, 1.54) is 5.56 Å². The lowest BCUT2D eigenvalue weighted by Crippen LogP contribution is -2.28. The molecule has 0 aliphatic heterocycles. The lowest BCUT2D eigenvalue weighted by atomic mass is 10.1. The van der Waals surface area contributed by atoms with Gasteiger partial charge in [-0.2, -0.15) is 0 Å². The molecule has 0 saturated heterocycles. The first-order valence-corrected chi connectivity index (χ1v) is 6.76. The molecule has 0 fully saturated rings. The van der Waals surface area contributed by atoms with E-state index < -0.39 is 0 Å². The van der Waals surface area contributed by atoms with Crippen molar-refractivity contribution in [3.05, 3.63) is 46.2 Å². The van der Waals surface area contributed by atoms with E-state index in [9.17, 15) is 0 Å². The van der Waals surface area contributed by atoms with Crippen LogP contribution in [0.15, 0.2) is 34.9 Å². The highest BCUT2D eigenvalue weighted by atomic mass is 79.9. The van der Waals surface area contributed by atoms with Crippen LogP contribution in [0.1, 0.15) is 18.2 Å². The Kier molecular flexibility index (Phi) is 4.49. The van der Waals surface area contributed by atoms with E-state index >= 15 is 0 Å². The monoisotopic (exact) mass is 308 g/mol. The number of nitrogens with zero attached hydrogens (tertiary/aromatic N) is 3. The van der Waals surface area contributed by atoms with Crippen LogP contribution in [0.3, 0.4) is 0 Å². The summed E-state index contributed by atoms with van der Waals surface area (Å²) >= 11 is 3.44. The largest absolute Gasteiger partial charge is 0.308 e. The zero-order valence-corrected chi connectivity index (χ0v) is 12.2. The van der Waals surface area contributed by atoms with Gasteiger partial charge in [0.15, 0.2) is 0 Å². The molecule has 0 saturated carbocycles. The van der Waals surface area contributed by atoms with Crippen LogP contribution in [-0.2, 0) is 20.0 Å². The molecule has 18 heavy (non-hydrogen) atoms. The van der Waals surface area contributed by atoms with Crippen molar-refractivity contribution in [2.24, 2.45) is 7.05 Å². The highest BCUT2D eigenvalue weighted by Crippen LogP contribution is 2.12. The Bertz CT molecular complexity index is 492. The second-order valence-electron chi connectivity index (χ2n) is 4.46. The third-order valence-corrected chi connectivity index (χ3v) is 3.42. The number of hydrogen-bond acceptors (Lipinski definition) is 3. The van der Waals surface area contributed by atoms with Crippen LogP contribution >= 0.6 is 15.9 Å². The molecular formula is C13H17BrN4. The number of aryl methyl sites for hydroxylation is 1. The summed E-state index contributed by atoms with van der Waals surface area (Å²) in [6.07, 6.45) is 2.80. The van der Waals surface area contributed by atoms with Gasteiger partial charge in [0.25, 0.3) is 0 Å². The van der Waals surface area contributed by atoms with Gasteiger partial charge < -0.3 is 5.32 Å². The predicted molar refractivity (Wildman–Crippen MR) is 75.2 cm³/mol. The Labute approximate surface area is 116 Å². The third kappa shape index (κ3) is 3.65. The Morgan fingerprint density at radius 2 is 2.06 bits per heavy atom. The van der Waals surface area contributed by atoms with E-state index in [4.69, 9.17) is 0 Å². The van der Waals surface area contributed by atoms with Crippen molar-refractivity contribution in [1.82, 2.24) is 20.3 Å². The molecule has 1 atom stereocenters. The minimum atomic E-state index is 0.418. The summed E-state index contributed by atoms with van der Waals surface area (Å²) in [5.74, 6) is 0. The molecule has 1 aromatic heterocycles. The number of benzene rings is 1. The maximum Gasteiger partial charge on any atom is 0.0738 e. The van der Waals surface area contributed by atoms with Gasteiger partial charge >= 0.3 is 0 Å². The summed E-state index contributed by atoms with van der Waals surface area (Å²) in [5.41, 5.74) is 2.43.